The molecule has 1 saturated carbocycles. The van der Waals surface area contributed by atoms with Crippen LogP contribution in [0.15, 0.2) is 0 Å². The van der Waals surface area contributed by atoms with Crippen LogP contribution in [0.4, 0.5) is 0 Å². The van der Waals surface area contributed by atoms with E-state index in [1.54, 1.807) is 0 Å². The summed E-state index contributed by atoms with van der Waals surface area (Å²) >= 11 is 0. The first-order valence-electron chi connectivity index (χ1n) is 7.94. The van der Waals surface area contributed by atoms with Gasteiger partial charge in [-0.1, -0.05) is 13.8 Å². The molecule has 1 aliphatic heterocycles. The first-order chi connectivity index (χ1) is 9.02. The third kappa shape index (κ3) is 4.47. The minimum Gasteiger partial charge on any atom is -0.303 e. The Kier molecular flexibility index (Phi) is 4.86. The molecule has 0 bridgehead atoms. The van der Waals surface area contributed by atoms with Crippen molar-refractivity contribution in [1.29, 1.82) is 5.26 Å². The predicted octanol–water partition coefficient (Wildman–Crippen LogP) is 2.78. The molecule has 3 nitrogen and oxygen atoms in total. The average molecular weight is 263 g/mol. The van der Waals surface area contributed by atoms with Crippen molar-refractivity contribution in [2.75, 3.05) is 19.6 Å². The van der Waals surface area contributed by atoms with Crippen molar-refractivity contribution in [1.82, 2.24) is 10.2 Å². The number of unbranched alkanes of at least 4 members (excludes halogenated alkanes) is 1. The van der Waals surface area contributed by atoms with Gasteiger partial charge in [-0.25, -0.2) is 0 Å². The van der Waals surface area contributed by atoms with E-state index < -0.39 is 0 Å². The molecule has 19 heavy (non-hydrogen) atoms. The largest absolute Gasteiger partial charge is 0.303 e. The second kappa shape index (κ2) is 6.24. The fourth-order valence-corrected chi connectivity index (χ4v) is 3.08. The maximum atomic E-state index is 9.32. The molecule has 1 aliphatic carbocycles. The van der Waals surface area contributed by atoms with Gasteiger partial charge < -0.3 is 4.90 Å². The van der Waals surface area contributed by atoms with Gasteiger partial charge in [-0.15, -0.1) is 0 Å². The Morgan fingerprint density at radius 1 is 1.21 bits per heavy atom. The first-order valence-corrected chi connectivity index (χ1v) is 7.94. The Balaban J connectivity index is 1.62. The molecule has 2 aliphatic rings. The lowest BCUT2D eigenvalue weighted by atomic mass is 9.96. The lowest BCUT2D eigenvalue weighted by Crippen LogP contribution is -2.42. The molecule has 3 atom stereocenters. The van der Waals surface area contributed by atoms with E-state index in [2.05, 4.69) is 37.1 Å². The van der Waals surface area contributed by atoms with E-state index in [0.717, 1.165) is 24.7 Å². The topological polar surface area (TPSA) is 39.1 Å². The lowest BCUT2D eigenvalue weighted by Gasteiger charge is -2.24. The van der Waals surface area contributed by atoms with Crippen molar-refractivity contribution in [3.8, 4) is 6.07 Å². The fraction of sp³-hybridized carbons (Fsp3) is 0.938. The normalized spacial score (nSPS) is 31.1. The van der Waals surface area contributed by atoms with Crippen LogP contribution >= 0.6 is 0 Å². The summed E-state index contributed by atoms with van der Waals surface area (Å²) in [6.45, 7) is 10.5. The van der Waals surface area contributed by atoms with Gasteiger partial charge >= 0.3 is 0 Å². The van der Waals surface area contributed by atoms with Crippen LogP contribution in [0.25, 0.3) is 0 Å². The average Bonchev–Trinajstić information content (AvgIpc) is 3.12. The highest BCUT2D eigenvalue weighted by Gasteiger charge is 2.32. The summed E-state index contributed by atoms with van der Waals surface area (Å²) in [6.07, 6.45) is 5.87. The van der Waals surface area contributed by atoms with Crippen LogP contribution in [0.3, 0.4) is 0 Å². The Morgan fingerprint density at radius 2 is 1.84 bits per heavy atom. The quantitative estimate of drug-likeness (QED) is 0.718. The number of rotatable bonds is 7. The summed E-state index contributed by atoms with van der Waals surface area (Å²) in [6, 6.07) is 3.08. The molecule has 0 aromatic heterocycles. The number of nitriles is 1. The minimum absolute atomic E-state index is 0.299. The maximum Gasteiger partial charge on any atom is 0.104 e. The van der Waals surface area contributed by atoms with Crippen LogP contribution in [0.2, 0.25) is 0 Å². The van der Waals surface area contributed by atoms with Gasteiger partial charge in [0, 0.05) is 19.1 Å². The lowest BCUT2D eigenvalue weighted by molar-refractivity contribution is 0.305. The molecule has 0 amide bonds. The van der Waals surface area contributed by atoms with Crippen LogP contribution in [0, 0.1) is 23.2 Å². The highest BCUT2D eigenvalue weighted by Crippen LogP contribution is 2.25. The summed E-state index contributed by atoms with van der Waals surface area (Å²) in [5.74, 6) is 1.70. The molecular formula is C16H29N3. The van der Waals surface area contributed by atoms with Crippen LogP contribution in [0.1, 0.15) is 52.9 Å². The summed E-state index contributed by atoms with van der Waals surface area (Å²) in [7, 11) is 0. The zero-order valence-electron chi connectivity index (χ0n) is 12.8. The molecule has 3 heteroatoms. The Labute approximate surface area is 118 Å². The van der Waals surface area contributed by atoms with Crippen LogP contribution in [0.5, 0.6) is 0 Å². The van der Waals surface area contributed by atoms with Gasteiger partial charge in [0.2, 0.25) is 0 Å². The monoisotopic (exact) mass is 263 g/mol. The third-order valence-electron chi connectivity index (χ3n) is 4.81. The zero-order valence-corrected chi connectivity index (χ0v) is 12.8. The van der Waals surface area contributed by atoms with Gasteiger partial charge in [-0.3, -0.25) is 5.32 Å². The van der Waals surface area contributed by atoms with E-state index in [9.17, 15) is 5.26 Å². The standard InChI is InChI=1S/C16H29N3/c1-13-10-19(11-14(13)2)9-5-4-8-16(3,12-17)18-15-6-7-15/h13-15,18H,4-11H2,1-3H3. The van der Waals surface area contributed by atoms with E-state index in [1.165, 1.54) is 38.9 Å². The molecule has 2 rings (SSSR count). The maximum absolute atomic E-state index is 9.32. The van der Waals surface area contributed by atoms with Crippen LogP contribution in [-0.4, -0.2) is 36.1 Å². The molecule has 0 aromatic carbocycles. The van der Waals surface area contributed by atoms with Crippen LogP contribution in [-0.2, 0) is 0 Å². The van der Waals surface area contributed by atoms with Gasteiger partial charge in [0.15, 0.2) is 0 Å². The van der Waals surface area contributed by atoms with E-state index in [1.807, 2.05) is 0 Å². The second-order valence-corrected chi connectivity index (χ2v) is 7.03. The number of nitrogens with one attached hydrogen (secondary N) is 1. The van der Waals surface area contributed by atoms with Gasteiger partial charge in [0.05, 0.1) is 6.07 Å². The van der Waals surface area contributed by atoms with Crippen molar-refractivity contribution in [2.45, 2.75) is 64.5 Å². The third-order valence-corrected chi connectivity index (χ3v) is 4.81. The number of likely N-dealkylation sites (tertiary alicyclic amines) is 1. The minimum atomic E-state index is -0.299. The van der Waals surface area contributed by atoms with E-state index in [4.69, 9.17) is 0 Å². The second-order valence-electron chi connectivity index (χ2n) is 7.03. The van der Waals surface area contributed by atoms with E-state index in [0.29, 0.717) is 6.04 Å². The number of nitrogens with zero attached hydrogens (tertiary/aromatic N) is 2. The summed E-state index contributed by atoms with van der Waals surface area (Å²) in [5, 5.41) is 12.8. The number of hydrogen-bond acceptors (Lipinski definition) is 3. The number of hydrogen-bond donors (Lipinski definition) is 1. The molecular weight excluding hydrogens is 234 g/mol. The van der Waals surface area contributed by atoms with Crippen molar-refractivity contribution >= 4 is 0 Å². The van der Waals surface area contributed by atoms with E-state index in [-0.39, 0.29) is 5.54 Å². The van der Waals surface area contributed by atoms with Crippen molar-refractivity contribution in [2.24, 2.45) is 11.8 Å². The Bertz CT molecular complexity index is 321. The SMILES string of the molecule is CC1CN(CCCCC(C)(C#N)NC2CC2)CC1C. The molecule has 108 valence electrons. The zero-order chi connectivity index (χ0) is 13.9. The molecule has 3 unspecified atom stereocenters. The summed E-state index contributed by atoms with van der Waals surface area (Å²) < 4.78 is 0. The smallest absolute Gasteiger partial charge is 0.104 e. The molecule has 0 aromatic rings. The molecule has 2 fully saturated rings. The fourth-order valence-electron chi connectivity index (χ4n) is 3.08. The molecule has 1 saturated heterocycles. The highest BCUT2D eigenvalue weighted by molar-refractivity contribution is 5.06. The van der Waals surface area contributed by atoms with Gasteiger partial charge in [-0.05, 0) is 57.4 Å². The van der Waals surface area contributed by atoms with Gasteiger partial charge in [0.1, 0.15) is 5.54 Å². The highest BCUT2D eigenvalue weighted by atomic mass is 15.1. The molecule has 0 spiro atoms. The molecule has 0 radical (unpaired) electrons. The Morgan fingerprint density at radius 3 is 2.37 bits per heavy atom. The van der Waals surface area contributed by atoms with Crippen molar-refractivity contribution in [3.63, 3.8) is 0 Å². The van der Waals surface area contributed by atoms with Crippen LogP contribution < -0.4 is 5.32 Å². The summed E-state index contributed by atoms with van der Waals surface area (Å²) in [4.78, 5) is 2.59. The first kappa shape index (κ1) is 14.8. The van der Waals surface area contributed by atoms with Gasteiger partial charge in [-0.2, -0.15) is 5.26 Å². The Hall–Kier alpha value is -0.590. The van der Waals surface area contributed by atoms with Crippen molar-refractivity contribution < 1.29 is 0 Å². The predicted molar refractivity (Wildman–Crippen MR) is 78.8 cm³/mol. The van der Waals surface area contributed by atoms with E-state index >= 15 is 0 Å². The van der Waals surface area contributed by atoms with Gasteiger partial charge in [0.25, 0.3) is 0 Å². The molecule has 1 N–H and O–H groups in total. The molecule has 1 heterocycles. The van der Waals surface area contributed by atoms with Crippen molar-refractivity contribution in [3.05, 3.63) is 0 Å². The summed E-state index contributed by atoms with van der Waals surface area (Å²) in [5.41, 5.74) is -0.299.